The third-order valence-corrected chi connectivity index (χ3v) is 3.13. The highest BCUT2D eigenvalue weighted by Gasteiger charge is 1.94. The molecule has 20 heavy (non-hydrogen) atoms. The summed E-state index contributed by atoms with van der Waals surface area (Å²) < 4.78 is 0. The molecule has 3 nitrogen and oxygen atoms in total. The Balaban J connectivity index is 3.24. The summed E-state index contributed by atoms with van der Waals surface area (Å²) in [5.74, 6) is 0. The molecule has 0 rings (SSSR count). The van der Waals surface area contributed by atoms with E-state index in [-0.39, 0.29) is 0 Å². The van der Waals surface area contributed by atoms with Gasteiger partial charge in [-0.05, 0) is 51.6 Å². The summed E-state index contributed by atoms with van der Waals surface area (Å²) in [6.45, 7) is 12.8. The van der Waals surface area contributed by atoms with E-state index in [9.17, 15) is 0 Å². The molecule has 0 saturated carbocycles. The Hall–Kier alpha value is -1.22. The molecule has 0 saturated heterocycles. The van der Waals surface area contributed by atoms with Gasteiger partial charge in [-0.3, -0.25) is 0 Å². The molecule has 0 aliphatic carbocycles. The van der Waals surface area contributed by atoms with Crippen LogP contribution >= 0.6 is 0 Å². The molecule has 0 aromatic carbocycles. The first-order valence-corrected chi connectivity index (χ1v) is 7.88. The first kappa shape index (κ1) is 18.8. The van der Waals surface area contributed by atoms with Gasteiger partial charge < -0.3 is 16.4 Å². The normalized spacial score (nSPS) is 10.7. The van der Waals surface area contributed by atoms with Gasteiger partial charge in [-0.1, -0.05) is 32.1 Å². The van der Waals surface area contributed by atoms with Gasteiger partial charge in [0.2, 0.25) is 0 Å². The van der Waals surface area contributed by atoms with Gasteiger partial charge in [0.1, 0.15) is 0 Å². The Morgan fingerprint density at radius 2 is 1.60 bits per heavy atom. The van der Waals surface area contributed by atoms with Crippen molar-refractivity contribution in [3.05, 3.63) is 36.7 Å². The third kappa shape index (κ3) is 13.2. The second kappa shape index (κ2) is 14.2. The Kier molecular flexibility index (Phi) is 13.3. The quantitative estimate of drug-likeness (QED) is 0.337. The number of unbranched alkanes of at least 4 members (excludes halogenated alkanes) is 4. The monoisotopic (exact) mass is 279 g/mol. The van der Waals surface area contributed by atoms with E-state index < -0.39 is 0 Å². The number of hydrogen-bond acceptors (Lipinski definition) is 3. The van der Waals surface area contributed by atoms with E-state index in [1.165, 1.54) is 25.7 Å². The maximum atomic E-state index is 5.47. The Morgan fingerprint density at radius 1 is 0.950 bits per heavy atom. The van der Waals surface area contributed by atoms with Crippen molar-refractivity contribution >= 4 is 0 Å². The molecule has 0 fully saturated rings. The predicted octanol–water partition coefficient (Wildman–Crippen LogP) is 3.46. The number of allylic oxidation sites excluding steroid dienone is 3. The lowest BCUT2D eigenvalue weighted by atomic mass is 10.1. The van der Waals surface area contributed by atoms with E-state index in [4.69, 9.17) is 5.73 Å². The van der Waals surface area contributed by atoms with Gasteiger partial charge in [-0.15, -0.1) is 0 Å². The molecule has 0 aliphatic rings. The number of rotatable bonds is 14. The molecule has 4 N–H and O–H groups in total. The highest BCUT2D eigenvalue weighted by atomic mass is 14.9. The highest BCUT2D eigenvalue weighted by molar-refractivity contribution is 5.10. The fourth-order valence-electron chi connectivity index (χ4n) is 1.95. The summed E-state index contributed by atoms with van der Waals surface area (Å²) in [5.41, 5.74) is 7.62. The van der Waals surface area contributed by atoms with E-state index in [2.05, 4.69) is 23.8 Å². The van der Waals surface area contributed by atoms with Crippen LogP contribution in [0.4, 0.5) is 0 Å². The summed E-state index contributed by atoms with van der Waals surface area (Å²) in [5, 5.41) is 6.69. The van der Waals surface area contributed by atoms with E-state index in [1.54, 1.807) is 0 Å². The first-order valence-electron chi connectivity index (χ1n) is 7.88. The van der Waals surface area contributed by atoms with Crippen LogP contribution < -0.4 is 16.4 Å². The molecule has 116 valence electrons. The van der Waals surface area contributed by atoms with Crippen LogP contribution in [0, 0.1) is 0 Å². The molecule has 3 heteroatoms. The molecule has 0 aromatic rings. The SMILES string of the molecule is C=C(/C=C/C)NCCCCCCNC(=C)CCCCN. The van der Waals surface area contributed by atoms with Gasteiger partial charge in [0, 0.05) is 24.5 Å². The van der Waals surface area contributed by atoms with Crippen LogP contribution in [0.5, 0.6) is 0 Å². The highest BCUT2D eigenvalue weighted by Crippen LogP contribution is 2.03. The standard InChI is InChI=1S/C17H33N3/c1-4-11-16(2)19-14-9-5-6-10-15-20-17(3)12-7-8-13-18/h4,11,19-20H,2-3,5-10,12-15,18H2,1H3/b11-4+. The largest absolute Gasteiger partial charge is 0.389 e. The maximum Gasteiger partial charge on any atom is 0.0263 e. The van der Waals surface area contributed by atoms with Crippen LogP contribution in [0.1, 0.15) is 51.9 Å². The van der Waals surface area contributed by atoms with Crippen LogP contribution in [0.3, 0.4) is 0 Å². The summed E-state index contributed by atoms with van der Waals surface area (Å²) >= 11 is 0. The van der Waals surface area contributed by atoms with Crippen molar-refractivity contribution in [1.29, 1.82) is 0 Å². The van der Waals surface area contributed by atoms with E-state index in [0.29, 0.717) is 0 Å². The number of hydrogen-bond donors (Lipinski definition) is 3. The predicted molar refractivity (Wildman–Crippen MR) is 90.5 cm³/mol. The van der Waals surface area contributed by atoms with Crippen LogP contribution in [0.25, 0.3) is 0 Å². The summed E-state index contributed by atoms with van der Waals surface area (Å²) in [7, 11) is 0. The molecular weight excluding hydrogens is 246 g/mol. The number of nitrogens with one attached hydrogen (secondary N) is 2. The fourth-order valence-corrected chi connectivity index (χ4v) is 1.95. The van der Waals surface area contributed by atoms with Crippen LogP contribution in [-0.2, 0) is 0 Å². The van der Waals surface area contributed by atoms with E-state index in [0.717, 1.165) is 50.3 Å². The van der Waals surface area contributed by atoms with Crippen molar-refractivity contribution in [2.24, 2.45) is 5.73 Å². The molecule has 0 spiro atoms. The Labute approximate surface area is 125 Å². The molecule has 0 aromatic heterocycles. The zero-order valence-electron chi connectivity index (χ0n) is 13.2. The summed E-state index contributed by atoms with van der Waals surface area (Å²) in [4.78, 5) is 0. The topological polar surface area (TPSA) is 50.1 Å². The van der Waals surface area contributed by atoms with Gasteiger partial charge in [0.25, 0.3) is 0 Å². The van der Waals surface area contributed by atoms with Gasteiger partial charge in [-0.25, -0.2) is 0 Å². The minimum absolute atomic E-state index is 0.780. The minimum atomic E-state index is 0.780. The summed E-state index contributed by atoms with van der Waals surface area (Å²) in [6, 6.07) is 0. The van der Waals surface area contributed by atoms with Crippen molar-refractivity contribution in [1.82, 2.24) is 10.6 Å². The minimum Gasteiger partial charge on any atom is -0.389 e. The van der Waals surface area contributed by atoms with E-state index in [1.807, 2.05) is 19.1 Å². The smallest absolute Gasteiger partial charge is 0.0263 e. The van der Waals surface area contributed by atoms with Crippen molar-refractivity contribution < 1.29 is 0 Å². The first-order chi connectivity index (χ1) is 9.70. The molecular formula is C17H33N3. The molecule has 0 amide bonds. The summed E-state index contributed by atoms with van der Waals surface area (Å²) in [6.07, 6.45) is 12.2. The van der Waals surface area contributed by atoms with Gasteiger partial charge in [0.15, 0.2) is 0 Å². The Morgan fingerprint density at radius 3 is 2.20 bits per heavy atom. The van der Waals surface area contributed by atoms with Gasteiger partial charge in [-0.2, -0.15) is 0 Å². The van der Waals surface area contributed by atoms with Gasteiger partial charge in [0.05, 0.1) is 0 Å². The van der Waals surface area contributed by atoms with Crippen LogP contribution in [0.15, 0.2) is 36.7 Å². The van der Waals surface area contributed by atoms with Crippen molar-refractivity contribution in [2.45, 2.75) is 51.9 Å². The fraction of sp³-hybridized carbons (Fsp3) is 0.647. The lowest BCUT2D eigenvalue weighted by molar-refractivity contribution is 0.593. The molecule has 0 atom stereocenters. The lowest BCUT2D eigenvalue weighted by Gasteiger charge is -2.09. The average molecular weight is 279 g/mol. The molecule has 0 unspecified atom stereocenters. The second-order valence-electron chi connectivity index (χ2n) is 5.14. The van der Waals surface area contributed by atoms with E-state index >= 15 is 0 Å². The third-order valence-electron chi connectivity index (χ3n) is 3.13. The van der Waals surface area contributed by atoms with Crippen LogP contribution in [-0.4, -0.2) is 19.6 Å². The molecule has 0 radical (unpaired) electrons. The Bertz CT molecular complexity index is 282. The zero-order valence-corrected chi connectivity index (χ0v) is 13.2. The van der Waals surface area contributed by atoms with Crippen molar-refractivity contribution in [3.63, 3.8) is 0 Å². The molecule has 0 aliphatic heterocycles. The maximum absolute atomic E-state index is 5.47. The second-order valence-corrected chi connectivity index (χ2v) is 5.14. The van der Waals surface area contributed by atoms with Crippen LogP contribution in [0.2, 0.25) is 0 Å². The molecule has 0 heterocycles. The average Bonchev–Trinajstić information content (AvgIpc) is 2.42. The molecule has 0 bridgehead atoms. The van der Waals surface area contributed by atoms with Gasteiger partial charge >= 0.3 is 0 Å². The van der Waals surface area contributed by atoms with Crippen molar-refractivity contribution in [2.75, 3.05) is 19.6 Å². The zero-order chi connectivity index (χ0) is 15.1. The van der Waals surface area contributed by atoms with Crippen molar-refractivity contribution in [3.8, 4) is 0 Å². The lowest BCUT2D eigenvalue weighted by Crippen LogP contribution is -2.15. The number of nitrogens with two attached hydrogens (primary N) is 1.